The van der Waals surface area contributed by atoms with Gasteiger partial charge in [-0.15, -0.1) is 13.2 Å². The fourth-order valence-electron chi connectivity index (χ4n) is 2.02. The fourth-order valence-corrected chi connectivity index (χ4v) is 2.02. The lowest BCUT2D eigenvalue weighted by atomic mass is 10.0. The highest BCUT2D eigenvalue weighted by Gasteiger charge is 2.33. The summed E-state index contributed by atoms with van der Waals surface area (Å²) in [5, 5.41) is 2.78. The molecule has 1 saturated heterocycles. The van der Waals surface area contributed by atoms with Crippen LogP contribution in [0, 0.1) is 0 Å². The first-order valence-electron chi connectivity index (χ1n) is 6.24. The Morgan fingerprint density at radius 3 is 2.71 bits per heavy atom. The number of nitrogens with one attached hydrogen (secondary N) is 1. The van der Waals surface area contributed by atoms with Crippen molar-refractivity contribution >= 4 is 11.6 Å². The smallest absolute Gasteiger partial charge is 0.404 e. The maximum Gasteiger partial charge on any atom is 0.573 e. The molecule has 0 radical (unpaired) electrons. The second kappa shape index (κ2) is 5.44. The molecule has 1 fully saturated rings. The summed E-state index contributed by atoms with van der Waals surface area (Å²) >= 11 is 0. The average molecular weight is 304 g/mol. The number of nitrogen functional groups attached to an aromatic ring is 1. The first kappa shape index (κ1) is 15.4. The van der Waals surface area contributed by atoms with E-state index in [9.17, 15) is 18.0 Å². The van der Waals surface area contributed by atoms with Gasteiger partial charge in [-0.05, 0) is 31.5 Å². The van der Waals surface area contributed by atoms with Crippen molar-refractivity contribution in [3.8, 4) is 5.75 Å². The predicted octanol–water partition coefficient (Wildman–Crippen LogP) is 2.08. The highest BCUT2D eigenvalue weighted by Crippen LogP contribution is 2.29. The lowest BCUT2D eigenvalue weighted by molar-refractivity contribution is -0.274. The highest BCUT2D eigenvalue weighted by molar-refractivity contribution is 5.96. The van der Waals surface area contributed by atoms with Gasteiger partial charge < -0.3 is 20.5 Å². The van der Waals surface area contributed by atoms with Crippen LogP contribution in [-0.2, 0) is 4.74 Å². The third kappa shape index (κ3) is 4.01. The molecule has 8 heteroatoms. The summed E-state index contributed by atoms with van der Waals surface area (Å²) in [5.41, 5.74) is 4.90. The van der Waals surface area contributed by atoms with Crippen molar-refractivity contribution in [3.63, 3.8) is 0 Å². The predicted molar refractivity (Wildman–Crippen MR) is 68.8 cm³/mol. The number of hydrogen-bond acceptors (Lipinski definition) is 4. The van der Waals surface area contributed by atoms with Crippen LogP contribution in [0.25, 0.3) is 0 Å². The van der Waals surface area contributed by atoms with Gasteiger partial charge in [0, 0.05) is 12.2 Å². The van der Waals surface area contributed by atoms with Gasteiger partial charge in [-0.1, -0.05) is 0 Å². The summed E-state index contributed by atoms with van der Waals surface area (Å²) in [5.74, 6) is -0.956. The molecule has 1 atom stereocenters. The van der Waals surface area contributed by atoms with E-state index < -0.39 is 23.6 Å². The van der Waals surface area contributed by atoms with Crippen LogP contribution < -0.4 is 15.8 Å². The molecule has 116 valence electrons. The topological polar surface area (TPSA) is 73.6 Å². The van der Waals surface area contributed by atoms with E-state index in [4.69, 9.17) is 10.5 Å². The summed E-state index contributed by atoms with van der Waals surface area (Å²) in [6.45, 7) is 2.78. The summed E-state index contributed by atoms with van der Waals surface area (Å²) in [6.07, 6.45) is -4.16. The van der Waals surface area contributed by atoms with E-state index in [1.165, 1.54) is 6.07 Å². The molecule has 5 nitrogen and oxygen atoms in total. The lowest BCUT2D eigenvalue weighted by Gasteiger charge is -2.23. The number of halogens is 3. The molecule has 1 aliphatic rings. The van der Waals surface area contributed by atoms with Gasteiger partial charge in [0.25, 0.3) is 5.91 Å². The lowest BCUT2D eigenvalue weighted by Crippen LogP contribution is -2.46. The van der Waals surface area contributed by atoms with Crippen LogP contribution in [0.4, 0.5) is 18.9 Å². The third-order valence-electron chi connectivity index (χ3n) is 3.13. The fraction of sp³-hybridized carbons (Fsp3) is 0.462. The second-order valence-corrected chi connectivity index (χ2v) is 5.12. The summed E-state index contributed by atoms with van der Waals surface area (Å²) < 4.78 is 45.3. The summed E-state index contributed by atoms with van der Waals surface area (Å²) in [4.78, 5) is 12.1. The molecule has 21 heavy (non-hydrogen) atoms. The molecule has 1 amide bonds. The third-order valence-corrected chi connectivity index (χ3v) is 3.13. The number of alkyl halides is 3. The number of carbonyl (C=O) groups excluding carboxylic acids is 1. The molecular formula is C13H15F3N2O3. The molecule has 0 bridgehead atoms. The van der Waals surface area contributed by atoms with Gasteiger partial charge in [-0.3, -0.25) is 4.79 Å². The molecule has 0 aromatic heterocycles. The van der Waals surface area contributed by atoms with E-state index in [1.54, 1.807) is 0 Å². The van der Waals surface area contributed by atoms with E-state index in [2.05, 4.69) is 10.1 Å². The van der Waals surface area contributed by atoms with Crippen molar-refractivity contribution in [2.24, 2.45) is 0 Å². The molecular weight excluding hydrogens is 289 g/mol. The molecule has 1 aromatic carbocycles. The molecule has 0 spiro atoms. The van der Waals surface area contributed by atoms with Gasteiger partial charge >= 0.3 is 6.36 Å². The Morgan fingerprint density at radius 1 is 1.48 bits per heavy atom. The standard InChI is InChI=1S/C13H15F3N2O3/c1-12(4-5-20-7-12)18-11(19)8-2-3-10(9(17)6-8)21-13(14,15)16/h2-3,6H,4-5,7,17H2,1H3,(H,18,19). The van der Waals surface area contributed by atoms with E-state index in [0.29, 0.717) is 19.6 Å². The molecule has 1 aliphatic heterocycles. The SMILES string of the molecule is CC1(NC(=O)c2ccc(OC(F)(F)F)c(N)c2)CCOC1. The molecule has 0 saturated carbocycles. The quantitative estimate of drug-likeness (QED) is 0.839. The van der Waals surface area contributed by atoms with Crippen molar-refractivity contribution in [2.75, 3.05) is 18.9 Å². The zero-order valence-electron chi connectivity index (χ0n) is 11.3. The van der Waals surface area contributed by atoms with Crippen LogP contribution >= 0.6 is 0 Å². The zero-order valence-corrected chi connectivity index (χ0v) is 11.3. The van der Waals surface area contributed by atoms with Gasteiger partial charge in [-0.25, -0.2) is 0 Å². The van der Waals surface area contributed by atoms with E-state index in [-0.39, 0.29) is 11.3 Å². The van der Waals surface area contributed by atoms with Crippen molar-refractivity contribution in [1.82, 2.24) is 5.32 Å². The molecule has 1 unspecified atom stereocenters. The number of hydrogen-bond donors (Lipinski definition) is 2. The van der Waals surface area contributed by atoms with Crippen LogP contribution in [0.2, 0.25) is 0 Å². The number of anilines is 1. The summed E-state index contributed by atoms with van der Waals surface area (Å²) in [7, 11) is 0. The Bertz CT molecular complexity index is 540. The van der Waals surface area contributed by atoms with E-state index in [1.807, 2.05) is 6.92 Å². The van der Waals surface area contributed by atoms with Gasteiger partial charge in [0.15, 0.2) is 5.75 Å². The number of ether oxygens (including phenoxy) is 2. The molecule has 2 rings (SSSR count). The van der Waals surface area contributed by atoms with Crippen LogP contribution in [0.3, 0.4) is 0 Å². The monoisotopic (exact) mass is 304 g/mol. The number of benzene rings is 1. The number of rotatable bonds is 3. The zero-order chi connectivity index (χ0) is 15.7. The maximum atomic E-state index is 12.1. The van der Waals surface area contributed by atoms with Crippen LogP contribution in [0.5, 0.6) is 5.75 Å². The van der Waals surface area contributed by atoms with Crippen LogP contribution in [0.1, 0.15) is 23.7 Å². The first-order chi connectivity index (χ1) is 9.69. The minimum absolute atomic E-state index is 0.162. The van der Waals surface area contributed by atoms with Gasteiger partial charge in [0.1, 0.15) is 0 Å². The number of carbonyl (C=O) groups is 1. The Labute approximate surface area is 119 Å². The van der Waals surface area contributed by atoms with Crippen molar-refractivity contribution in [1.29, 1.82) is 0 Å². The minimum atomic E-state index is -4.83. The Kier molecular flexibility index (Phi) is 3.99. The Balaban J connectivity index is 2.10. The number of nitrogens with two attached hydrogens (primary N) is 1. The van der Waals surface area contributed by atoms with E-state index >= 15 is 0 Å². The van der Waals surface area contributed by atoms with Crippen LogP contribution in [-0.4, -0.2) is 31.0 Å². The minimum Gasteiger partial charge on any atom is -0.404 e. The van der Waals surface area contributed by atoms with Crippen molar-refractivity contribution in [2.45, 2.75) is 25.2 Å². The highest BCUT2D eigenvalue weighted by atomic mass is 19.4. The van der Waals surface area contributed by atoms with Crippen molar-refractivity contribution < 1.29 is 27.4 Å². The molecule has 1 aromatic rings. The molecule has 0 aliphatic carbocycles. The van der Waals surface area contributed by atoms with E-state index in [0.717, 1.165) is 12.1 Å². The molecule has 3 N–H and O–H groups in total. The summed E-state index contributed by atoms with van der Waals surface area (Å²) in [6, 6.07) is 3.40. The average Bonchev–Trinajstić information content (AvgIpc) is 2.76. The second-order valence-electron chi connectivity index (χ2n) is 5.12. The Hall–Kier alpha value is -1.96. The molecule has 1 heterocycles. The van der Waals surface area contributed by atoms with Crippen molar-refractivity contribution in [3.05, 3.63) is 23.8 Å². The largest absolute Gasteiger partial charge is 0.573 e. The normalized spacial score (nSPS) is 22.1. The Morgan fingerprint density at radius 2 is 2.19 bits per heavy atom. The maximum absolute atomic E-state index is 12.1. The van der Waals surface area contributed by atoms with Gasteiger partial charge in [0.2, 0.25) is 0 Å². The van der Waals surface area contributed by atoms with Crippen LogP contribution in [0.15, 0.2) is 18.2 Å². The number of amides is 1. The van der Waals surface area contributed by atoms with Gasteiger partial charge in [0.05, 0.1) is 17.8 Å². The van der Waals surface area contributed by atoms with Gasteiger partial charge in [-0.2, -0.15) is 0 Å². The first-order valence-corrected chi connectivity index (χ1v) is 6.24.